The summed E-state index contributed by atoms with van der Waals surface area (Å²) < 4.78 is 40.5. The van der Waals surface area contributed by atoms with Crippen LogP contribution in [0.4, 0.5) is 4.39 Å². The predicted octanol–water partition coefficient (Wildman–Crippen LogP) is 2.36. The lowest BCUT2D eigenvalue weighted by Gasteiger charge is -2.18. The van der Waals surface area contributed by atoms with Crippen molar-refractivity contribution in [3.8, 4) is 0 Å². The van der Waals surface area contributed by atoms with Gasteiger partial charge in [0.1, 0.15) is 5.82 Å². The monoisotopic (exact) mass is 317 g/mol. The van der Waals surface area contributed by atoms with Crippen LogP contribution in [-0.4, -0.2) is 25.5 Å². The van der Waals surface area contributed by atoms with Crippen molar-refractivity contribution in [3.63, 3.8) is 0 Å². The normalized spacial score (nSPS) is 13.1. The highest BCUT2D eigenvalue weighted by Gasteiger charge is 2.25. The zero-order valence-corrected chi connectivity index (χ0v) is 13.1. The Bertz CT molecular complexity index is 605. The first-order chi connectivity index (χ1) is 9.67. The zero-order chi connectivity index (χ0) is 16.2. The first-order valence-electron chi connectivity index (χ1n) is 6.68. The fourth-order valence-corrected chi connectivity index (χ4v) is 4.09. The van der Waals surface area contributed by atoms with Crippen molar-refractivity contribution in [2.45, 2.75) is 51.0 Å². The predicted molar refractivity (Wildman–Crippen MR) is 77.1 cm³/mol. The van der Waals surface area contributed by atoms with E-state index >= 15 is 0 Å². The minimum atomic E-state index is -3.89. The first-order valence-corrected chi connectivity index (χ1v) is 8.16. The molecule has 5 nitrogen and oxygen atoms in total. The minimum Gasteiger partial charge on any atom is -0.481 e. The number of rotatable bonds is 7. The molecule has 0 aliphatic heterocycles. The lowest BCUT2D eigenvalue weighted by atomic mass is 10.1. The summed E-state index contributed by atoms with van der Waals surface area (Å²) in [5.74, 6) is -1.57. The zero-order valence-electron chi connectivity index (χ0n) is 12.3. The van der Waals surface area contributed by atoms with Crippen LogP contribution in [0.25, 0.3) is 0 Å². The largest absolute Gasteiger partial charge is 0.481 e. The molecule has 0 radical (unpaired) electrons. The summed E-state index contributed by atoms with van der Waals surface area (Å²) in [6.07, 6.45) is 0.791. The van der Waals surface area contributed by atoms with Crippen LogP contribution in [0, 0.1) is 19.7 Å². The van der Waals surface area contributed by atoms with Gasteiger partial charge in [-0.05, 0) is 43.5 Å². The van der Waals surface area contributed by atoms with Crippen molar-refractivity contribution in [1.82, 2.24) is 4.72 Å². The van der Waals surface area contributed by atoms with E-state index in [0.717, 1.165) is 12.1 Å². The number of halogens is 1. The van der Waals surface area contributed by atoms with E-state index in [1.54, 1.807) is 0 Å². The Hall–Kier alpha value is -1.47. The molecule has 1 atom stereocenters. The van der Waals surface area contributed by atoms with Gasteiger partial charge in [0.15, 0.2) is 0 Å². The van der Waals surface area contributed by atoms with Crippen LogP contribution in [-0.2, 0) is 14.8 Å². The molecule has 1 aromatic carbocycles. The highest BCUT2D eigenvalue weighted by Crippen LogP contribution is 2.22. The molecule has 118 valence electrons. The van der Waals surface area contributed by atoms with Crippen LogP contribution in [0.3, 0.4) is 0 Å². The molecular formula is C14H20FNO4S. The van der Waals surface area contributed by atoms with E-state index in [4.69, 9.17) is 5.11 Å². The van der Waals surface area contributed by atoms with Gasteiger partial charge in [-0.15, -0.1) is 0 Å². The summed E-state index contributed by atoms with van der Waals surface area (Å²) in [6, 6.07) is 1.61. The topological polar surface area (TPSA) is 83.5 Å². The number of hydrogen-bond donors (Lipinski definition) is 2. The maximum absolute atomic E-state index is 13.3. The standard InChI is InChI=1S/C14H20FNO4S/c1-4-5-12(8-13(17)18)16-21(19,20)14-9(2)6-11(15)7-10(14)3/h6-7,12,16H,4-5,8H2,1-3H3,(H,17,18). The lowest BCUT2D eigenvalue weighted by Crippen LogP contribution is -2.37. The Morgan fingerprint density at radius 2 is 1.86 bits per heavy atom. The first kappa shape index (κ1) is 17.6. The van der Waals surface area contributed by atoms with Crippen molar-refractivity contribution < 1.29 is 22.7 Å². The molecule has 1 rings (SSSR count). The van der Waals surface area contributed by atoms with Crippen LogP contribution < -0.4 is 4.72 Å². The number of aliphatic carboxylic acids is 1. The summed E-state index contributed by atoms with van der Waals surface area (Å²) in [5.41, 5.74) is 0.594. The van der Waals surface area contributed by atoms with E-state index in [1.807, 2.05) is 6.92 Å². The third-order valence-corrected chi connectivity index (χ3v) is 4.90. The summed E-state index contributed by atoms with van der Waals surface area (Å²) in [5, 5.41) is 8.84. The maximum atomic E-state index is 13.3. The Balaban J connectivity index is 3.13. The molecule has 0 saturated carbocycles. The van der Waals surface area contributed by atoms with E-state index in [1.165, 1.54) is 13.8 Å². The van der Waals surface area contributed by atoms with Crippen LogP contribution in [0.5, 0.6) is 0 Å². The number of nitrogens with one attached hydrogen (secondary N) is 1. The van der Waals surface area contributed by atoms with E-state index in [2.05, 4.69) is 4.72 Å². The minimum absolute atomic E-state index is 0.00962. The van der Waals surface area contributed by atoms with Gasteiger partial charge < -0.3 is 5.11 Å². The van der Waals surface area contributed by atoms with E-state index < -0.39 is 27.9 Å². The van der Waals surface area contributed by atoms with Gasteiger partial charge in [-0.3, -0.25) is 4.79 Å². The molecular weight excluding hydrogens is 297 g/mol. The molecule has 0 aliphatic carbocycles. The van der Waals surface area contributed by atoms with E-state index in [0.29, 0.717) is 24.0 Å². The Labute approximate surface area is 124 Å². The summed E-state index contributed by atoms with van der Waals surface area (Å²) in [4.78, 5) is 10.8. The van der Waals surface area contributed by atoms with Gasteiger partial charge in [0.25, 0.3) is 0 Å². The number of hydrogen-bond acceptors (Lipinski definition) is 3. The molecule has 0 saturated heterocycles. The quantitative estimate of drug-likeness (QED) is 0.808. The molecule has 1 aromatic rings. The average Bonchev–Trinajstić information content (AvgIpc) is 2.24. The molecule has 21 heavy (non-hydrogen) atoms. The van der Waals surface area contributed by atoms with Gasteiger partial charge in [0, 0.05) is 6.04 Å². The van der Waals surface area contributed by atoms with Gasteiger partial charge in [-0.1, -0.05) is 13.3 Å². The molecule has 7 heteroatoms. The molecule has 0 amide bonds. The smallest absolute Gasteiger partial charge is 0.304 e. The molecule has 0 aromatic heterocycles. The van der Waals surface area contributed by atoms with Crippen molar-refractivity contribution in [2.75, 3.05) is 0 Å². The number of carboxylic acids is 1. The second-order valence-corrected chi connectivity index (χ2v) is 6.72. The van der Waals surface area contributed by atoms with Crippen LogP contribution in [0.2, 0.25) is 0 Å². The average molecular weight is 317 g/mol. The highest BCUT2D eigenvalue weighted by atomic mass is 32.2. The number of carboxylic acid groups (broad SMARTS) is 1. The molecule has 0 fully saturated rings. The molecule has 1 unspecified atom stereocenters. The Morgan fingerprint density at radius 1 is 1.33 bits per heavy atom. The molecule has 2 N–H and O–H groups in total. The third-order valence-electron chi connectivity index (χ3n) is 3.07. The van der Waals surface area contributed by atoms with Crippen molar-refractivity contribution in [3.05, 3.63) is 29.1 Å². The number of aryl methyl sites for hydroxylation is 2. The van der Waals surface area contributed by atoms with Crippen LogP contribution >= 0.6 is 0 Å². The highest BCUT2D eigenvalue weighted by molar-refractivity contribution is 7.89. The summed E-state index contributed by atoms with van der Waals surface area (Å²) in [6.45, 7) is 4.87. The maximum Gasteiger partial charge on any atom is 0.304 e. The second kappa shape index (κ2) is 7.00. The third kappa shape index (κ3) is 4.78. The molecule has 0 heterocycles. The van der Waals surface area contributed by atoms with Crippen molar-refractivity contribution >= 4 is 16.0 Å². The number of carbonyl (C=O) groups is 1. The summed E-state index contributed by atoms with van der Waals surface area (Å²) >= 11 is 0. The fraction of sp³-hybridized carbons (Fsp3) is 0.500. The van der Waals surface area contributed by atoms with Crippen LogP contribution in [0.1, 0.15) is 37.3 Å². The fourth-order valence-electron chi connectivity index (χ4n) is 2.36. The molecule has 0 aliphatic rings. The number of sulfonamides is 1. The van der Waals surface area contributed by atoms with Gasteiger partial charge in [-0.25, -0.2) is 17.5 Å². The van der Waals surface area contributed by atoms with Gasteiger partial charge in [0.2, 0.25) is 10.0 Å². The SMILES string of the molecule is CCCC(CC(=O)O)NS(=O)(=O)c1c(C)cc(F)cc1C. The summed E-state index contributed by atoms with van der Waals surface area (Å²) in [7, 11) is -3.89. The lowest BCUT2D eigenvalue weighted by molar-refractivity contribution is -0.137. The van der Waals surface area contributed by atoms with E-state index in [9.17, 15) is 17.6 Å². The molecule has 0 spiro atoms. The van der Waals surface area contributed by atoms with Crippen molar-refractivity contribution in [1.29, 1.82) is 0 Å². The van der Waals surface area contributed by atoms with Gasteiger partial charge in [0.05, 0.1) is 11.3 Å². The molecule has 0 bridgehead atoms. The van der Waals surface area contributed by atoms with Gasteiger partial charge in [-0.2, -0.15) is 0 Å². The second-order valence-electron chi connectivity index (χ2n) is 5.07. The number of benzene rings is 1. The van der Waals surface area contributed by atoms with E-state index in [-0.39, 0.29) is 11.3 Å². The van der Waals surface area contributed by atoms with Crippen LogP contribution in [0.15, 0.2) is 17.0 Å². The Kier molecular flexibility index (Phi) is 5.86. The van der Waals surface area contributed by atoms with Crippen molar-refractivity contribution in [2.24, 2.45) is 0 Å². The van der Waals surface area contributed by atoms with Gasteiger partial charge >= 0.3 is 5.97 Å². The Morgan fingerprint density at radius 3 is 2.29 bits per heavy atom.